The molecule has 0 amide bonds. The zero-order valence-corrected chi connectivity index (χ0v) is 19.4. The van der Waals surface area contributed by atoms with Gasteiger partial charge in [-0.1, -0.05) is 30.3 Å². The number of carbonyl (C=O) groups excluding carboxylic acids is 1. The zero-order valence-electron chi connectivity index (χ0n) is 19.4. The Hall–Kier alpha value is -4.06. The molecule has 0 unspecified atom stereocenters. The van der Waals surface area contributed by atoms with E-state index in [1.807, 2.05) is 50.2 Å². The lowest BCUT2D eigenvalue weighted by atomic mass is 10.0. The fourth-order valence-corrected chi connectivity index (χ4v) is 3.55. The Kier molecular flexibility index (Phi) is 6.97. The molecule has 4 rings (SSSR count). The fourth-order valence-electron chi connectivity index (χ4n) is 3.55. The molecule has 6 nitrogen and oxygen atoms in total. The van der Waals surface area contributed by atoms with E-state index < -0.39 is 5.97 Å². The maximum Gasteiger partial charge on any atom is 0.311 e. The van der Waals surface area contributed by atoms with E-state index >= 15 is 0 Å². The lowest BCUT2D eigenvalue weighted by Gasteiger charge is -2.12. The average Bonchev–Trinajstić information content (AvgIpc) is 2.85. The van der Waals surface area contributed by atoms with Crippen LogP contribution in [0.5, 0.6) is 17.2 Å². The molecule has 1 aromatic heterocycles. The van der Waals surface area contributed by atoms with Crippen LogP contribution in [0.15, 0.2) is 75.9 Å². The van der Waals surface area contributed by atoms with Gasteiger partial charge < -0.3 is 18.6 Å². The number of methoxy groups -OCH3 is 1. The smallest absolute Gasteiger partial charge is 0.311 e. The molecular formula is C28H26O6. The van der Waals surface area contributed by atoms with Crippen LogP contribution in [-0.4, -0.2) is 19.7 Å². The van der Waals surface area contributed by atoms with Gasteiger partial charge in [0.05, 0.1) is 19.1 Å². The fraction of sp³-hybridized carbons (Fsp3) is 0.214. The topological polar surface area (TPSA) is 75.0 Å². The summed E-state index contributed by atoms with van der Waals surface area (Å²) in [4.78, 5) is 25.9. The molecule has 0 aliphatic rings. The van der Waals surface area contributed by atoms with Crippen LogP contribution in [-0.2, 0) is 4.79 Å². The van der Waals surface area contributed by atoms with E-state index in [0.29, 0.717) is 35.3 Å². The first-order chi connectivity index (χ1) is 16.5. The molecule has 0 aliphatic carbocycles. The molecular weight excluding hydrogens is 432 g/mol. The standard InChI is InChI=1S/C28H26O6/c1-18-16-23-24(17-19(18)2)33-27(20-8-5-4-6-9-20)28(26(23)30)34-25(29)10-7-15-32-22-13-11-21(31-3)12-14-22/h4-6,8-9,11-14,16-17H,7,10,15H2,1-3H3. The van der Waals surface area contributed by atoms with Gasteiger partial charge in [0.2, 0.25) is 11.2 Å². The third-order valence-electron chi connectivity index (χ3n) is 5.57. The number of hydrogen-bond donors (Lipinski definition) is 0. The minimum atomic E-state index is -0.522. The summed E-state index contributed by atoms with van der Waals surface area (Å²) in [5.74, 6) is 1.05. The number of hydrogen-bond acceptors (Lipinski definition) is 6. The molecule has 4 aromatic rings. The molecule has 0 aliphatic heterocycles. The number of aryl methyl sites for hydroxylation is 2. The Labute approximate surface area is 197 Å². The highest BCUT2D eigenvalue weighted by molar-refractivity contribution is 5.85. The summed E-state index contributed by atoms with van der Waals surface area (Å²) < 4.78 is 22.4. The van der Waals surface area contributed by atoms with Gasteiger partial charge in [0.15, 0.2) is 5.76 Å². The average molecular weight is 459 g/mol. The second kappa shape index (κ2) is 10.3. The number of fused-ring (bicyclic) bond motifs is 1. The van der Waals surface area contributed by atoms with Crippen LogP contribution in [0.1, 0.15) is 24.0 Å². The first-order valence-electron chi connectivity index (χ1n) is 11.1. The lowest BCUT2D eigenvalue weighted by molar-refractivity contribution is -0.134. The summed E-state index contributed by atoms with van der Waals surface area (Å²) in [7, 11) is 1.60. The quantitative estimate of drug-likeness (QED) is 0.244. The normalized spacial score (nSPS) is 10.8. The minimum Gasteiger partial charge on any atom is -0.497 e. The van der Waals surface area contributed by atoms with E-state index in [2.05, 4.69) is 0 Å². The molecule has 0 N–H and O–H groups in total. The van der Waals surface area contributed by atoms with Gasteiger partial charge >= 0.3 is 5.97 Å². The number of carbonyl (C=O) groups is 1. The zero-order chi connectivity index (χ0) is 24.1. The SMILES string of the molecule is COc1ccc(OCCCC(=O)Oc2c(-c3ccccc3)oc3cc(C)c(C)cc3c2=O)cc1. The highest BCUT2D eigenvalue weighted by Gasteiger charge is 2.21. The molecule has 174 valence electrons. The van der Waals surface area contributed by atoms with Gasteiger partial charge in [-0.25, -0.2) is 0 Å². The van der Waals surface area contributed by atoms with Crippen LogP contribution in [0.4, 0.5) is 0 Å². The molecule has 1 heterocycles. The molecule has 6 heteroatoms. The first-order valence-corrected chi connectivity index (χ1v) is 11.1. The van der Waals surface area contributed by atoms with Crippen molar-refractivity contribution in [1.82, 2.24) is 0 Å². The Balaban J connectivity index is 1.52. The third kappa shape index (κ3) is 5.12. The summed E-state index contributed by atoms with van der Waals surface area (Å²) in [5, 5.41) is 0.383. The highest BCUT2D eigenvalue weighted by Crippen LogP contribution is 2.32. The Morgan fingerprint density at radius 2 is 1.59 bits per heavy atom. The molecule has 0 saturated heterocycles. The molecule has 0 radical (unpaired) electrons. The van der Waals surface area contributed by atoms with Crippen molar-refractivity contribution >= 4 is 16.9 Å². The van der Waals surface area contributed by atoms with Crippen molar-refractivity contribution in [3.05, 3.63) is 88.1 Å². The Morgan fingerprint density at radius 3 is 2.29 bits per heavy atom. The van der Waals surface area contributed by atoms with E-state index in [9.17, 15) is 9.59 Å². The van der Waals surface area contributed by atoms with E-state index in [4.69, 9.17) is 18.6 Å². The van der Waals surface area contributed by atoms with Gasteiger partial charge in [-0.2, -0.15) is 0 Å². The molecule has 0 spiro atoms. The summed E-state index contributed by atoms with van der Waals surface area (Å²) in [6.45, 7) is 4.21. The largest absolute Gasteiger partial charge is 0.497 e. The van der Waals surface area contributed by atoms with Gasteiger partial charge in [0.25, 0.3) is 0 Å². The van der Waals surface area contributed by atoms with Crippen LogP contribution in [0.3, 0.4) is 0 Å². The number of benzene rings is 3. The Morgan fingerprint density at radius 1 is 0.912 bits per heavy atom. The summed E-state index contributed by atoms with van der Waals surface area (Å²) >= 11 is 0. The monoisotopic (exact) mass is 458 g/mol. The number of esters is 1. The molecule has 0 bridgehead atoms. The van der Waals surface area contributed by atoms with Gasteiger partial charge in [0.1, 0.15) is 17.1 Å². The maximum absolute atomic E-state index is 13.3. The van der Waals surface area contributed by atoms with Crippen molar-refractivity contribution in [3.8, 4) is 28.6 Å². The van der Waals surface area contributed by atoms with Crippen molar-refractivity contribution < 1.29 is 23.4 Å². The molecule has 0 atom stereocenters. The first kappa shape index (κ1) is 23.1. The second-order valence-corrected chi connectivity index (χ2v) is 7.99. The molecule has 0 saturated carbocycles. The minimum absolute atomic E-state index is 0.0921. The van der Waals surface area contributed by atoms with Crippen molar-refractivity contribution in [2.24, 2.45) is 0 Å². The van der Waals surface area contributed by atoms with Crippen LogP contribution >= 0.6 is 0 Å². The van der Waals surface area contributed by atoms with E-state index in [0.717, 1.165) is 16.9 Å². The van der Waals surface area contributed by atoms with Gasteiger partial charge in [0, 0.05) is 12.0 Å². The number of rotatable bonds is 8. The second-order valence-electron chi connectivity index (χ2n) is 7.99. The lowest BCUT2D eigenvalue weighted by Crippen LogP contribution is -2.17. The maximum atomic E-state index is 13.3. The van der Waals surface area contributed by atoms with E-state index in [1.165, 1.54) is 0 Å². The predicted octanol–water partition coefficient (Wildman–Crippen LogP) is 5.85. The number of ether oxygens (including phenoxy) is 3. The Bertz CT molecular complexity index is 1350. The van der Waals surface area contributed by atoms with Crippen LogP contribution in [0, 0.1) is 13.8 Å². The highest BCUT2D eigenvalue weighted by atomic mass is 16.5. The molecule has 34 heavy (non-hydrogen) atoms. The summed E-state index contributed by atoms with van der Waals surface area (Å²) in [5.41, 5.74) is 2.72. The third-order valence-corrected chi connectivity index (χ3v) is 5.57. The van der Waals surface area contributed by atoms with Crippen molar-refractivity contribution in [2.45, 2.75) is 26.7 Å². The van der Waals surface area contributed by atoms with E-state index in [-0.39, 0.29) is 23.4 Å². The van der Waals surface area contributed by atoms with Gasteiger partial charge in [-0.05, 0) is 67.8 Å². The van der Waals surface area contributed by atoms with Crippen LogP contribution < -0.4 is 19.6 Å². The van der Waals surface area contributed by atoms with Crippen molar-refractivity contribution in [1.29, 1.82) is 0 Å². The van der Waals surface area contributed by atoms with E-state index in [1.54, 1.807) is 37.4 Å². The molecule has 3 aromatic carbocycles. The van der Waals surface area contributed by atoms with Crippen molar-refractivity contribution in [2.75, 3.05) is 13.7 Å². The summed E-state index contributed by atoms with van der Waals surface area (Å²) in [6, 6.07) is 20.0. The molecule has 0 fully saturated rings. The van der Waals surface area contributed by atoms with Crippen molar-refractivity contribution in [3.63, 3.8) is 0 Å². The van der Waals surface area contributed by atoms with Crippen LogP contribution in [0.2, 0.25) is 0 Å². The van der Waals surface area contributed by atoms with Crippen LogP contribution in [0.25, 0.3) is 22.3 Å². The van der Waals surface area contributed by atoms with Gasteiger partial charge in [-0.3, -0.25) is 9.59 Å². The summed E-state index contributed by atoms with van der Waals surface area (Å²) in [6.07, 6.45) is 0.525. The predicted molar refractivity (Wildman–Crippen MR) is 131 cm³/mol. The van der Waals surface area contributed by atoms with Gasteiger partial charge in [-0.15, -0.1) is 0 Å².